The first-order valence-electron chi connectivity index (χ1n) is 16.7. The number of hydrogen-bond acceptors (Lipinski definition) is 8. The number of hydrogen-bond donors (Lipinski definition) is 0. The van der Waals surface area contributed by atoms with Gasteiger partial charge in [0.05, 0.1) is 22.6 Å². The quantitative estimate of drug-likeness (QED) is 0.113. The average molecular weight is 668 g/mol. The maximum Gasteiger partial charge on any atom is 0.317 e. The van der Waals surface area contributed by atoms with Crippen molar-refractivity contribution >= 4 is 40.6 Å². The van der Waals surface area contributed by atoms with E-state index in [0.29, 0.717) is 25.1 Å². The molecule has 2 unspecified atom stereocenters. The molecule has 250 valence electrons. The van der Waals surface area contributed by atoms with Gasteiger partial charge in [0.25, 0.3) is 5.69 Å². The molecule has 2 aliphatic heterocycles. The van der Waals surface area contributed by atoms with E-state index in [4.69, 9.17) is 17.0 Å². The number of nitro benzene ring substituents is 1. The summed E-state index contributed by atoms with van der Waals surface area (Å²) in [5.74, 6) is -2.10. The van der Waals surface area contributed by atoms with Crippen LogP contribution in [0.15, 0.2) is 89.9 Å². The highest BCUT2D eigenvalue weighted by atomic mass is 32.1. The lowest BCUT2D eigenvalue weighted by atomic mass is 9.85. The SMILES string of the molecule is CC1=NC(=S)N(C(=O)C2CCCC2)C(c2ccccc2[N+](=O)[O-])C1C(=O)OCCN1CCN(C(c2ccccc2)c2ccccc2)CC1. The second-order valence-corrected chi connectivity index (χ2v) is 13.1. The van der Waals surface area contributed by atoms with E-state index in [1.807, 2.05) is 12.1 Å². The number of nitrogens with zero attached hydrogens (tertiary/aromatic N) is 5. The lowest BCUT2D eigenvalue weighted by molar-refractivity contribution is -0.385. The standard InChI is InChI=1S/C37H41N5O5S/c1-26-32(34(30-18-10-11-19-31(30)42(45)46)41(37(48)38-26)35(43)29-16-8-9-17-29)36(44)47-25-24-39-20-22-40(23-21-39)33(27-12-4-2-5-13-27)28-14-6-3-7-15-28/h2-7,10-15,18-19,29,32-34H,8-9,16-17,20-25H2,1H3. The second kappa shape index (κ2) is 15.3. The Morgan fingerprint density at radius 1 is 0.917 bits per heavy atom. The highest BCUT2D eigenvalue weighted by molar-refractivity contribution is 7.80. The van der Waals surface area contributed by atoms with Gasteiger partial charge in [-0.05, 0) is 43.1 Å². The number of nitro groups is 1. The third-order valence-corrected chi connectivity index (χ3v) is 10.1. The van der Waals surface area contributed by atoms with Crippen molar-refractivity contribution in [1.82, 2.24) is 14.7 Å². The maximum absolute atomic E-state index is 13.9. The number of para-hydroxylation sites is 1. The zero-order valence-corrected chi connectivity index (χ0v) is 28.0. The van der Waals surface area contributed by atoms with Gasteiger partial charge in [-0.1, -0.05) is 91.7 Å². The summed E-state index contributed by atoms with van der Waals surface area (Å²) in [6.07, 6.45) is 3.27. The van der Waals surface area contributed by atoms with Gasteiger partial charge >= 0.3 is 5.97 Å². The van der Waals surface area contributed by atoms with Crippen LogP contribution in [0.25, 0.3) is 0 Å². The number of carbonyl (C=O) groups is 2. The molecule has 0 spiro atoms. The lowest BCUT2D eigenvalue weighted by Crippen LogP contribution is -2.51. The Morgan fingerprint density at radius 3 is 2.10 bits per heavy atom. The van der Waals surface area contributed by atoms with Crippen LogP contribution in [0.4, 0.5) is 5.69 Å². The molecule has 1 amide bonds. The predicted molar refractivity (Wildman–Crippen MR) is 188 cm³/mol. The zero-order valence-electron chi connectivity index (χ0n) is 27.1. The average Bonchev–Trinajstić information content (AvgIpc) is 3.65. The van der Waals surface area contributed by atoms with E-state index in [2.05, 4.69) is 63.3 Å². The van der Waals surface area contributed by atoms with Crippen molar-refractivity contribution in [2.45, 2.75) is 44.7 Å². The molecule has 2 atom stereocenters. The summed E-state index contributed by atoms with van der Waals surface area (Å²) >= 11 is 5.59. The largest absolute Gasteiger partial charge is 0.464 e. The van der Waals surface area contributed by atoms with Crippen LogP contribution in [0.5, 0.6) is 0 Å². The van der Waals surface area contributed by atoms with Crippen LogP contribution in [0.1, 0.15) is 61.4 Å². The molecule has 1 aliphatic carbocycles. The Morgan fingerprint density at radius 2 is 1.50 bits per heavy atom. The van der Waals surface area contributed by atoms with E-state index in [1.165, 1.54) is 22.1 Å². The molecule has 11 heteroatoms. The van der Waals surface area contributed by atoms with Crippen LogP contribution < -0.4 is 0 Å². The van der Waals surface area contributed by atoms with E-state index < -0.39 is 22.9 Å². The van der Waals surface area contributed by atoms with E-state index >= 15 is 0 Å². The summed E-state index contributed by atoms with van der Waals surface area (Å²) in [5, 5.41) is 12.2. The molecular weight excluding hydrogens is 627 g/mol. The number of carbonyl (C=O) groups excluding carboxylic acids is 2. The number of piperazine rings is 1. The smallest absolute Gasteiger partial charge is 0.317 e. The van der Waals surface area contributed by atoms with E-state index in [1.54, 1.807) is 25.1 Å². The van der Waals surface area contributed by atoms with Crippen LogP contribution in [0.3, 0.4) is 0 Å². The molecule has 0 aromatic heterocycles. The Labute approximate surface area is 286 Å². The molecular formula is C37H41N5O5S. The van der Waals surface area contributed by atoms with Crippen molar-refractivity contribution in [2.24, 2.45) is 16.8 Å². The van der Waals surface area contributed by atoms with Crippen LogP contribution in [0, 0.1) is 22.0 Å². The first-order valence-corrected chi connectivity index (χ1v) is 17.1. The summed E-state index contributed by atoms with van der Waals surface area (Å²) < 4.78 is 5.88. The number of aliphatic imine (C=N–C) groups is 1. The van der Waals surface area contributed by atoms with Crippen molar-refractivity contribution in [3.63, 3.8) is 0 Å². The van der Waals surface area contributed by atoms with Crippen LogP contribution in [-0.4, -0.2) is 81.7 Å². The normalized spacial score (nSPS) is 20.9. The fraction of sp³-hybridized carbons (Fsp3) is 0.405. The highest BCUT2D eigenvalue weighted by Gasteiger charge is 2.48. The first-order chi connectivity index (χ1) is 23.3. The molecule has 2 heterocycles. The van der Waals surface area contributed by atoms with E-state index in [-0.39, 0.29) is 40.8 Å². The number of esters is 1. The molecule has 2 fully saturated rings. The van der Waals surface area contributed by atoms with E-state index in [9.17, 15) is 19.7 Å². The van der Waals surface area contributed by atoms with Crippen LogP contribution in [0.2, 0.25) is 0 Å². The maximum atomic E-state index is 13.9. The first kappa shape index (κ1) is 33.6. The van der Waals surface area contributed by atoms with Gasteiger partial charge in [0.15, 0.2) is 0 Å². The van der Waals surface area contributed by atoms with E-state index in [0.717, 1.165) is 39.0 Å². The van der Waals surface area contributed by atoms with Crippen molar-refractivity contribution in [2.75, 3.05) is 39.3 Å². The predicted octanol–water partition coefficient (Wildman–Crippen LogP) is 5.98. The van der Waals surface area contributed by atoms with Crippen LogP contribution in [-0.2, 0) is 14.3 Å². The molecule has 48 heavy (non-hydrogen) atoms. The van der Waals surface area contributed by atoms with Gasteiger partial charge in [-0.25, -0.2) is 4.99 Å². The number of amides is 1. The molecule has 1 saturated carbocycles. The number of thiocarbonyl (C=S) groups is 1. The molecule has 0 bridgehead atoms. The second-order valence-electron chi connectivity index (χ2n) is 12.7. The van der Waals surface area contributed by atoms with Crippen molar-refractivity contribution in [3.05, 3.63) is 112 Å². The molecule has 0 radical (unpaired) electrons. The Kier molecular flexibility index (Phi) is 10.7. The van der Waals surface area contributed by atoms with Crippen LogP contribution >= 0.6 is 12.2 Å². The zero-order chi connectivity index (χ0) is 33.6. The molecule has 3 aromatic carbocycles. The minimum atomic E-state index is -1.03. The monoisotopic (exact) mass is 667 g/mol. The molecule has 3 aromatic rings. The summed E-state index contributed by atoms with van der Waals surface area (Å²) in [6, 6.07) is 26.4. The molecule has 0 N–H and O–H groups in total. The Balaban J connectivity index is 1.15. The van der Waals surface area contributed by atoms with Gasteiger partial charge in [-0.2, -0.15) is 0 Å². The summed E-state index contributed by atoms with van der Waals surface area (Å²) in [4.78, 5) is 50.0. The van der Waals surface area contributed by atoms with Gasteiger partial charge < -0.3 is 4.74 Å². The molecule has 6 rings (SSSR count). The highest BCUT2D eigenvalue weighted by Crippen LogP contribution is 2.41. The third kappa shape index (κ3) is 7.23. The minimum absolute atomic E-state index is 0.0266. The van der Waals surface area contributed by atoms with Gasteiger partial charge in [0.2, 0.25) is 11.0 Å². The van der Waals surface area contributed by atoms with Gasteiger partial charge in [0, 0.05) is 50.4 Å². The fourth-order valence-corrected chi connectivity index (χ4v) is 7.74. The summed E-state index contributed by atoms with van der Waals surface area (Å²) in [6.45, 7) is 5.70. The van der Waals surface area contributed by atoms with Gasteiger partial charge in [0.1, 0.15) is 12.5 Å². The van der Waals surface area contributed by atoms with Gasteiger partial charge in [-0.15, -0.1) is 0 Å². The summed E-state index contributed by atoms with van der Waals surface area (Å²) in [7, 11) is 0. The Hall–Kier alpha value is -4.32. The Bertz CT molecular complexity index is 1620. The molecule has 10 nitrogen and oxygen atoms in total. The number of benzene rings is 3. The van der Waals surface area contributed by atoms with Crippen molar-refractivity contribution in [1.29, 1.82) is 0 Å². The number of rotatable bonds is 10. The lowest BCUT2D eigenvalue weighted by Gasteiger charge is -2.40. The summed E-state index contributed by atoms with van der Waals surface area (Å²) in [5.41, 5.74) is 2.96. The molecule has 3 aliphatic rings. The molecule has 1 saturated heterocycles. The van der Waals surface area contributed by atoms with Crippen molar-refractivity contribution < 1.29 is 19.2 Å². The van der Waals surface area contributed by atoms with Gasteiger partial charge in [-0.3, -0.25) is 34.4 Å². The third-order valence-electron chi connectivity index (χ3n) is 9.82. The fourth-order valence-electron chi connectivity index (χ4n) is 7.39. The number of ether oxygens (including phenoxy) is 1. The van der Waals surface area contributed by atoms with Crippen molar-refractivity contribution in [3.8, 4) is 0 Å². The topological polar surface area (TPSA) is 109 Å². The minimum Gasteiger partial charge on any atom is -0.464 e.